The summed E-state index contributed by atoms with van der Waals surface area (Å²) in [6.07, 6.45) is 3.16. The first-order chi connectivity index (χ1) is 16.2. The average molecular weight is 462 g/mol. The number of carbonyl (C=O) groups excluding carboxylic acids is 1. The molecule has 2 aromatic carbocycles. The minimum absolute atomic E-state index is 0.210. The highest BCUT2D eigenvalue weighted by Gasteiger charge is 2.18. The number of aromatic nitrogens is 3. The van der Waals surface area contributed by atoms with E-state index in [9.17, 15) is 4.79 Å². The molecule has 1 amide bonds. The number of amides is 1. The molecule has 2 aromatic heterocycles. The Morgan fingerprint density at radius 1 is 1.03 bits per heavy atom. The molecule has 168 valence electrons. The van der Waals surface area contributed by atoms with Gasteiger partial charge in [0.2, 0.25) is 5.13 Å². The van der Waals surface area contributed by atoms with Crippen LogP contribution < -0.4 is 20.1 Å². The zero-order valence-corrected chi connectivity index (χ0v) is 19.0. The number of benzene rings is 2. The fourth-order valence-electron chi connectivity index (χ4n) is 3.19. The zero-order chi connectivity index (χ0) is 23.0. The number of nitrogens with zero attached hydrogens (tertiary/aromatic N) is 3. The highest BCUT2D eigenvalue weighted by Crippen LogP contribution is 2.33. The van der Waals surface area contributed by atoms with Crippen molar-refractivity contribution in [2.75, 3.05) is 26.0 Å². The largest absolute Gasteiger partial charge is 0.493 e. The van der Waals surface area contributed by atoms with Crippen molar-refractivity contribution in [2.45, 2.75) is 6.10 Å². The van der Waals surface area contributed by atoms with Gasteiger partial charge in [-0.1, -0.05) is 41.7 Å². The first-order valence-corrected chi connectivity index (χ1v) is 11.1. The lowest BCUT2D eigenvalue weighted by Gasteiger charge is -2.21. The van der Waals surface area contributed by atoms with E-state index in [2.05, 4.69) is 25.8 Å². The van der Waals surface area contributed by atoms with Crippen LogP contribution in [0.5, 0.6) is 11.5 Å². The van der Waals surface area contributed by atoms with Crippen LogP contribution >= 0.6 is 11.3 Å². The lowest BCUT2D eigenvalue weighted by Crippen LogP contribution is -2.22. The minimum Gasteiger partial charge on any atom is -0.493 e. The van der Waals surface area contributed by atoms with Gasteiger partial charge in [0, 0.05) is 30.1 Å². The SMILES string of the molecule is CNC[C@@H](Oc1ccc(C(=O)Nc2nnc(-c3ccncc3)s2)cc1OC)c1ccccc1. The van der Waals surface area contributed by atoms with E-state index >= 15 is 0 Å². The number of hydrogen-bond donors (Lipinski definition) is 2. The quantitative estimate of drug-likeness (QED) is 0.385. The fourth-order valence-corrected chi connectivity index (χ4v) is 3.94. The molecule has 0 saturated carbocycles. The molecule has 0 aliphatic carbocycles. The molecule has 0 unspecified atom stereocenters. The summed E-state index contributed by atoms with van der Waals surface area (Å²) in [7, 11) is 3.42. The van der Waals surface area contributed by atoms with E-state index in [1.807, 2.05) is 49.5 Å². The molecule has 4 aromatic rings. The van der Waals surface area contributed by atoms with Crippen molar-refractivity contribution in [2.24, 2.45) is 0 Å². The van der Waals surface area contributed by atoms with Gasteiger partial charge in [0.1, 0.15) is 11.1 Å². The topological polar surface area (TPSA) is 98.3 Å². The summed E-state index contributed by atoms with van der Waals surface area (Å²) >= 11 is 1.29. The molecule has 1 atom stereocenters. The van der Waals surface area contributed by atoms with Gasteiger partial charge >= 0.3 is 0 Å². The Kier molecular flexibility index (Phi) is 7.23. The molecule has 0 spiro atoms. The number of anilines is 1. The van der Waals surface area contributed by atoms with Gasteiger partial charge < -0.3 is 14.8 Å². The first kappa shape index (κ1) is 22.4. The van der Waals surface area contributed by atoms with Crippen LogP contribution in [0.25, 0.3) is 10.6 Å². The Morgan fingerprint density at radius 3 is 2.55 bits per heavy atom. The number of hydrogen-bond acceptors (Lipinski definition) is 8. The van der Waals surface area contributed by atoms with E-state index in [1.165, 1.54) is 11.3 Å². The van der Waals surface area contributed by atoms with Crippen LogP contribution in [0.1, 0.15) is 22.0 Å². The number of methoxy groups -OCH3 is 1. The standard InChI is InChI=1S/C24H23N5O3S/c1-25-15-21(16-6-4-3-5-7-16)32-19-9-8-18(14-20(19)31-2)22(30)27-24-29-28-23(33-24)17-10-12-26-13-11-17/h3-14,21,25H,15H2,1-2H3,(H,27,29,30)/t21-/m1/s1. The van der Waals surface area contributed by atoms with Gasteiger partial charge in [-0.05, 0) is 42.9 Å². The Hall–Kier alpha value is -3.82. The number of pyridine rings is 1. The van der Waals surface area contributed by atoms with E-state index in [0.29, 0.717) is 33.7 Å². The highest BCUT2D eigenvalue weighted by atomic mass is 32.1. The van der Waals surface area contributed by atoms with Crippen molar-refractivity contribution in [3.05, 3.63) is 84.2 Å². The van der Waals surface area contributed by atoms with Gasteiger partial charge in [0.15, 0.2) is 11.5 Å². The predicted molar refractivity (Wildman–Crippen MR) is 128 cm³/mol. The summed E-state index contributed by atoms with van der Waals surface area (Å²) in [5.74, 6) is 0.704. The average Bonchev–Trinajstić information content (AvgIpc) is 3.33. The Bertz CT molecular complexity index is 1200. The second-order valence-corrected chi connectivity index (χ2v) is 8.02. The molecule has 2 heterocycles. The summed E-state index contributed by atoms with van der Waals surface area (Å²) in [5.41, 5.74) is 2.35. The van der Waals surface area contributed by atoms with Crippen LogP contribution in [0.3, 0.4) is 0 Å². The number of nitrogens with one attached hydrogen (secondary N) is 2. The van der Waals surface area contributed by atoms with Crippen LogP contribution in [0.15, 0.2) is 73.1 Å². The third-order valence-electron chi connectivity index (χ3n) is 4.83. The van der Waals surface area contributed by atoms with Gasteiger partial charge in [-0.15, -0.1) is 10.2 Å². The summed E-state index contributed by atoms with van der Waals surface area (Å²) in [6, 6.07) is 18.7. The van der Waals surface area contributed by atoms with Crippen molar-refractivity contribution in [3.63, 3.8) is 0 Å². The molecule has 4 rings (SSSR count). The van der Waals surface area contributed by atoms with Crippen molar-refractivity contribution in [3.8, 4) is 22.1 Å². The Labute approximate surface area is 195 Å². The van der Waals surface area contributed by atoms with Crippen molar-refractivity contribution in [1.29, 1.82) is 0 Å². The Balaban J connectivity index is 1.49. The first-order valence-electron chi connectivity index (χ1n) is 10.3. The summed E-state index contributed by atoms with van der Waals surface area (Å²) in [6.45, 7) is 0.617. The number of ether oxygens (including phenoxy) is 2. The molecule has 0 fully saturated rings. The lowest BCUT2D eigenvalue weighted by atomic mass is 10.1. The van der Waals surface area contributed by atoms with E-state index < -0.39 is 0 Å². The van der Waals surface area contributed by atoms with Crippen LogP contribution in [0.4, 0.5) is 5.13 Å². The van der Waals surface area contributed by atoms with E-state index in [-0.39, 0.29) is 12.0 Å². The minimum atomic E-state index is -0.313. The molecule has 0 aliphatic rings. The molecule has 9 heteroatoms. The van der Waals surface area contributed by atoms with Crippen molar-refractivity contribution < 1.29 is 14.3 Å². The third kappa shape index (κ3) is 5.51. The van der Waals surface area contributed by atoms with Crippen molar-refractivity contribution in [1.82, 2.24) is 20.5 Å². The lowest BCUT2D eigenvalue weighted by molar-refractivity contribution is 0.102. The van der Waals surface area contributed by atoms with Gasteiger partial charge in [0.05, 0.1) is 7.11 Å². The maximum absolute atomic E-state index is 12.8. The smallest absolute Gasteiger partial charge is 0.257 e. The van der Waals surface area contributed by atoms with Crippen LogP contribution in [-0.2, 0) is 0 Å². The van der Waals surface area contributed by atoms with Crippen LogP contribution in [-0.4, -0.2) is 41.8 Å². The molecule has 0 radical (unpaired) electrons. The molecule has 0 saturated heterocycles. The van der Waals surface area contributed by atoms with Crippen LogP contribution in [0, 0.1) is 0 Å². The highest BCUT2D eigenvalue weighted by molar-refractivity contribution is 7.18. The normalized spacial score (nSPS) is 11.6. The van der Waals surface area contributed by atoms with Crippen molar-refractivity contribution >= 4 is 22.4 Å². The molecular formula is C24H23N5O3S. The summed E-state index contributed by atoms with van der Waals surface area (Å²) in [4.78, 5) is 16.8. The zero-order valence-electron chi connectivity index (χ0n) is 18.2. The van der Waals surface area contributed by atoms with Gasteiger partial charge in [-0.25, -0.2) is 0 Å². The maximum Gasteiger partial charge on any atom is 0.257 e. The monoisotopic (exact) mass is 461 g/mol. The van der Waals surface area contributed by atoms with Gasteiger partial charge in [-0.3, -0.25) is 15.1 Å². The fraction of sp³-hybridized carbons (Fsp3) is 0.167. The number of likely N-dealkylation sites (N-methyl/N-ethyl adjacent to an activating group) is 1. The van der Waals surface area contributed by atoms with E-state index in [4.69, 9.17) is 9.47 Å². The molecule has 8 nitrogen and oxygen atoms in total. The molecular weight excluding hydrogens is 438 g/mol. The van der Waals surface area contributed by atoms with Crippen LogP contribution in [0.2, 0.25) is 0 Å². The maximum atomic E-state index is 12.8. The van der Waals surface area contributed by atoms with Gasteiger partial charge in [0.25, 0.3) is 5.91 Å². The number of carbonyl (C=O) groups is 1. The predicted octanol–water partition coefficient (Wildman–Crippen LogP) is 4.20. The van der Waals surface area contributed by atoms with E-state index in [1.54, 1.807) is 37.7 Å². The molecule has 33 heavy (non-hydrogen) atoms. The molecule has 0 bridgehead atoms. The second kappa shape index (κ2) is 10.7. The summed E-state index contributed by atoms with van der Waals surface area (Å²) < 4.78 is 11.7. The Morgan fingerprint density at radius 2 is 1.82 bits per heavy atom. The molecule has 0 aliphatic heterocycles. The second-order valence-electron chi connectivity index (χ2n) is 7.04. The summed E-state index contributed by atoms with van der Waals surface area (Å²) in [5, 5.41) is 15.2. The molecule has 2 N–H and O–H groups in total. The van der Waals surface area contributed by atoms with Gasteiger partial charge in [-0.2, -0.15) is 0 Å². The number of rotatable bonds is 9. The third-order valence-corrected chi connectivity index (χ3v) is 5.72. The van der Waals surface area contributed by atoms with E-state index in [0.717, 1.165) is 11.1 Å².